The van der Waals surface area contributed by atoms with Crippen molar-refractivity contribution in [1.82, 2.24) is 14.9 Å². The van der Waals surface area contributed by atoms with Crippen molar-refractivity contribution in [2.75, 3.05) is 13.2 Å². The van der Waals surface area contributed by atoms with E-state index in [1.54, 1.807) is 6.92 Å². The van der Waals surface area contributed by atoms with Crippen LogP contribution in [0.2, 0.25) is 5.02 Å². The molecule has 1 N–H and O–H groups in total. The number of aromatic nitrogens is 2. The number of para-hydroxylation sites is 2. The van der Waals surface area contributed by atoms with Crippen LogP contribution >= 0.6 is 11.6 Å². The van der Waals surface area contributed by atoms with Crippen molar-refractivity contribution >= 4 is 28.5 Å². The molecule has 1 amide bonds. The maximum atomic E-state index is 11.7. The summed E-state index contributed by atoms with van der Waals surface area (Å²) < 4.78 is 8.25. The number of carbonyl (C=O) groups excluding carboxylic acids is 1. The number of nitrogens with one attached hydrogen (secondary N) is 1. The molecule has 0 saturated heterocycles. The number of amides is 1. The third-order valence-corrected chi connectivity index (χ3v) is 6.03. The molecule has 1 heterocycles. The standard InChI is InChI=1S/C26H32ClN3O2/c1-18(2)26(31)28-13-9-12-24-29-22-10-5-6-11-23(22)30(24)14-7-8-15-32-21-16-19(3)25(27)20(4)17-21/h5-6,10-11,16-17H,1,7-9,12-15H2,2-4H3,(H,28,31). The highest BCUT2D eigenvalue weighted by Gasteiger charge is 2.11. The molecule has 6 heteroatoms. The van der Waals surface area contributed by atoms with Crippen molar-refractivity contribution in [2.45, 2.75) is 53.0 Å². The highest BCUT2D eigenvalue weighted by molar-refractivity contribution is 6.32. The Morgan fingerprint density at radius 3 is 2.59 bits per heavy atom. The third kappa shape index (κ3) is 6.13. The van der Waals surface area contributed by atoms with Crippen LogP contribution in [0.4, 0.5) is 0 Å². The monoisotopic (exact) mass is 453 g/mol. The van der Waals surface area contributed by atoms with Gasteiger partial charge in [-0.3, -0.25) is 4.79 Å². The van der Waals surface area contributed by atoms with Crippen molar-refractivity contribution in [3.8, 4) is 5.75 Å². The fourth-order valence-corrected chi connectivity index (χ4v) is 3.83. The van der Waals surface area contributed by atoms with E-state index in [1.807, 2.05) is 44.2 Å². The Bertz CT molecular complexity index is 1080. The zero-order valence-corrected chi connectivity index (χ0v) is 20.0. The van der Waals surface area contributed by atoms with Gasteiger partial charge in [-0.15, -0.1) is 0 Å². The van der Waals surface area contributed by atoms with Crippen molar-refractivity contribution in [3.63, 3.8) is 0 Å². The summed E-state index contributed by atoms with van der Waals surface area (Å²) in [6.07, 6.45) is 3.58. The van der Waals surface area contributed by atoms with Gasteiger partial charge in [-0.1, -0.05) is 30.3 Å². The van der Waals surface area contributed by atoms with E-state index in [9.17, 15) is 4.79 Å². The van der Waals surface area contributed by atoms with Gasteiger partial charge in [-0.05, 0) is 75.4 Å². The molecule has 2 aromatic carbocycles. The molecule has 0 aliphatic heterocycles. The molecule has 170 valence electrons. The summed E-state index contributed by atoms with van der Waals surface area (Å²) in [4.78, 5) is 16.5. The summed E-state index contributed by atoms with van der Waals surface area (Å²) in [6.45, 7) is 11.5. The lowest BCUT2D eigenvalue weighted by atomic mass is 10.1. The van der Waals surface area contributed by atoms with Crippen molar-refractivity contribution in [3.05, 3.63) is 70.5 Å². The number of halogens is 1. The number of hydrogen-bond donors (Lipinski definition) is 1. The molecule has 0 atom stereocenters. The average Bonchev–Trinajstić information content (AvgIpc) is 3.12. The predicted octanol–water partition coefficient (Wildman–Crippen LogP) is 5.79. The Kier molecular flexibility index (Phi) is 8.34. The summed E-state index contributed by atoms with van der Waals surface area (Å²) in [5.74, 6) is 1.83. The first-order valence-corrected chi connectivity index (χ1v) is 11.5. The average molecular weight is 454 g/mol. The van der Waals surface area contributed by atoms with Crippen molar-refractivity contribution in [2.24, 2.45) is 0 Å². The minimum Gasteiger partial charge on any atom is -0.494 e. The Hall–Kier alpha value is -2.79. The Morgan fingerprint density at radius 1 is 1.16 bits per heavy atom. The molecule has 0 fully saturated rings. The van der Waals surface area contributed by atoms with Gasteiger partial charge in [0.15, 0.2) is 0 Å². The smallest absolute Gasteiger partial charge is 0.246 e. The third-order valence-electron chi connectivity index (χ3n) is 5.44. The topological polar surface area (TPSA) is 56.2 Å². The molecule has 0 unspecified atom stereocenters. The fraction of sp³-hybridized carbons (Fsp3) is 0.385. The molecular formula is C26H32ClN3O2. The Morgan fingerprint density at radius 2 is 1.88 bits per heavy atom. The first kappa shape index (κ1) is 23.9. The Balaban J connectivity index is 1.54. The number of nitrogens with zero attached hydrogens (tertiary/aromatic N) is 2. The van der Waals surface area contributed by atoms with Gasteiger partial charge in [-0.2, -0.15) is 0 Å². The molecule has 0 aliphatic carbocycles. The van der Waals surface area contributed by atoms with E-state index in [2.05, 4.69) is 22.5 Å². The van der Waals surface area contributed by atoms with E-state index >= 15 is 0 Å². The summed E-state index contributed by atoms with van der Waals surface area (Å²) in [6, 6.07) is 12.2. The van der Waals surface area contributed by atoms with Crippen LogP contribution in [0.5, 0.6) is 5.75 Å². The minimum absolute atomic E-state index is 0.0930. The molecular weight excluding hydrogens is 422 g/mol. The van der Waals surface area contributed by atoms with Crippen molar-refractivity contribution in [1.29, 1.82) is 0 Å². The number of aryl methyl sites for hydroxylation is 4. The van der Waals surface area contributed by atoms with Gasteiger partial charge in [0.25, 0.3) is 0 Å². The van der Waals surface area contributed by atoms with Gasteiger partial charge < -0.3 is 14.6 Å². The Labute approximate surface area is 195 Å². The van der Waals surface area contributed by atoms with E-state index in [1.165, 1.54) is 0 Å². The van der Waals surface area contributed by atoms with E-state index in [4.69, 9.17) is 21.3 Å². The SMILES string of the molecule is C=C(C)C(=O)NCCCc1nc2ccccc2n1CCCCOc1cc(C)c(Cl)c(C)c1. The summed E-state index contributed by atoms with van der Waals surface area (Å²) in [5, 5.41) is 3.69. The van der Waals surface area contributed by atoms with Crippen LogP contribution in [0.1, 0.15) is 43.1 Å². The van der Waals surface area contributed by atoms with Gasteiger partial charge in [0.2, 0.25) is 5.91 Å². The summed E-state index contributed by atoms with van der Waals surface area (Å²) >= 11 is 6.24. The lowest BCUT2D eigenvalue weighted by Gasteiger charge is -2.12. The zero-order valence-electron chi connectivity index (χ0n) is 19.2. The fourth-order valence-electron chi connectivity index (χ4n) is 3.72. The number of unbranched alkanes of at least 4 members (excludes halogenated alkanes) is 1. The summed E-state index contributed by atoms with van der Waals surface area (Å²) in [7, 11) is 0. The number of carbonyl (C=O) groups is 1. The zero-order chi connectivity index (χ0) is 23.1. The molecule has 0 saturated carbocycles. The van der Waals surface area contributed by atoms with Gasteiger partial charge >= 0.3 is 0 Å². The lowest BCUT2D eigenvalue weighted by Crippen LogP contribution is -2.25. The molecule has 0 radical (unpaired) electrons. The number of ether oxygens (including phenoxy) is 1. The minimum atomic E-state index is -0.0930. The first-order valence-electron chi connectivity index (χ1n) is 11.1. The highest BCUT2D eigenvalue weighted by atomic mass is 35.5. The van der Waals surface area contributed by atoms with Gasteiger partial charge in [0.05, 0.1) is 17.6 Å². The predicted molar refractivity (Wildman–Crippen MR) is 132 cm³/mol. The lowest BCUT2D eigenvalue weighted by molar-refractivity contribution is -0.117. The van der Waals surface area contributed by atoms with E-state index in [0.717, 1.165) is 71.0 Å². The number of rotatable bonds is 11. The molecule has 32 heavy (non-hydrogen) atoms. The second-order valence-electron chi connectivity index (χ2n) is 8.23. The maximum Gasteiger partial charge on any atom is 0.246 e. The van der Waals surface area contributed by atoms with Crippen LogP contribution in [-0.4, -0.2) is 28.6 Å². The van der Waals surface area contributed by atoms with E-state index < -0.39 is 0 Å². The number of benzene rings is 2. The normalized spacial score (nSPS) is 11.0. The van der Waals surface area contributed by atoms with Crippen LogP contribution < -0.4 is 10.1 Å². The second kappa shape index (κ2) is 11.2. The molecule has 3 rings (SSSR count). The van der Waals surface area contributed by atoms with E-state index in [0.29, 0.717) is 18.7 Å². The van der Waals surface area contributed by atoms with Gasteiger partial charge in [0, 0.05) is 30.1 Å². The largest absolute Gasteiger partial charge is 0.494 e. The van der Waals surface area contributed by atoms with Crippen LogP contribution in [0.15, 0.2) is 48.6 Å². The van der Waals surface area contributed by atoms with Gasteiger partial charge in [-0.25, -0.2) is 4.98 Å². The number of hydrogen-bond acceptors (Lipinski definition) is 3. The van der Waals surface area contributed by atoms with Crippen LogP contribution in [0.3, 0.4) is 0 Å². The quantitative estimate of drug-likeness (QED) is 0.295. The molecule has 3 aromatic rings. The number of imidazole rings is 1. The summed E-state index contributed by atoms with van der Waals surface area (Å²) in [5.41, 5.74) is 4.77. The maximum absolute atomic E-state index is 11.7. The molecule has 0 aliphatic rings. The van der Waals surface area contributed by atoms with E-state index in [-0.39, 0.29) is 5.91 Å². The van der Waals surface area contributed by atoms with Gasteiger partial charge in [0.1, 0.15) is 11.6 Å². The molecule has 0 spiro atoms. The van der Waals surface area contributed by atoms with Crippen molar-refractivity contribution < 1.29 is 9.53 Å². The molecule has 1 aromatic heterocycles. The first-order chi connectivity index (χ1) is 15.4. The van der Waals surface area contributed by atoms with Crippen LogP contribution in [0, 0.1) is 13.8 Å². The molecule has 5 nitrogen and oxygen atoms in total. The van der Waals surface area contributed by atoms with Crippen LogP contribution in [-0.2, 0) is 17.8 Å². The highest BCUT2D eigenvalue weighted by Crippen LogP contribution is 2.26. The number of fused-ring (bicyclic) bond motifs is 1. The second-order valence-corrected chi connectivity index (χ2v) is 8.61. The van der Waals surface area contributed by atoms with Crippen LogP contribution in [0.25, 0.3) is 11.0 Å². The molecule has 0 bridgehead atoms.